The van der Waals surface area contributed by atoms with Gasteiger partial charge in [-0.1, -0.05) is 0 Å². The standard InChI is InChI=1S/C10H14N2OS/c11-7-10(2-3-10)9(13)12-5-8-1-4-14-6-8/h1,4,6H,2-3,5,7,11H2,(H,12,13). The molecule has 1 aromatic rings. The lowest BCUT2D eigenvalue weighted by Crippen LogP contribution is -2.36. The molecule has 2 rings (SSSR count). The van der Waals surface area contributed by atoms with Gasteiger partial charge in [0.15, 0.2) is 0 Å². The Bertz CT molecular complexity index is 317. The van der Waals surface area contributed by atoms with Crippen molar-refractivity contribution in [2.75, 3.05) is 6.54 Å². The van der Waals surface area contributed by atoms with Crippen molar-refractivity contribution in [2.24, 2.45) is 11.1 Å². The number of hydrogen-bond donors (Lipinski definition) is 2. The number of carbonyl (C=O) groups is 1. The highest BCUT2D eigenvalue weighted by molar-refractivity contribution is 7.07. The lowest BCUT2D eigenvalue weighted by Gasteiger charge is -2.11. The van der Waals surface area contributed by atoms with Crippen molar-refractivity contribution in [1.82, 2.24) is 5.32 Å². The minimum atomic E-state index is -0.226. The van der Waals surface area contributed by atoms with Crippen molar-refractivity contribution in [1.29, 1.82) is 0 Å². The van der Waals surface area contributed by atoms with Gasteiger partial charge in [0.1, 0.15) is 0 Å². The van der Waals surface area contributed by atoms with Crippen LogP contribution in [0.1, 0.15) is 18.4 Å². The molecule has 0 unspecified atom stereocenters. The number of rotatable bonds is 4. The van der Waals surface area contributed by atoms with Crippen molar-refractivity contribution in [2.45, 2.75) is 19.4 Å². The first kappa shape index (κ1) is 9.68. The average Bonchev–Trinajstić information content (AvgIpc) is 2.84. The predicted molar refractivity (Wildman–Crippen MR) is 56.9 cm³/mol. The van der Waals surface area contributed by atoms with E-state index in [2.05, 4.69) is 5.32 Å². The maximum Gasteiger partial charge on any atom is 0.227 e. The molecule has 1 amide bonds. The molecule has 1 heterocycles. The molecule has 4 heteroatoms. The average molecular weight is 210 g/mol. The van der Waals surface area contributed by atoms with Gasteiger partial charge in [0, 0.05) is 13.1 Å². The Kier molecular flexibility index (Phi) is 2.56. The van der Waals surface area contributed by atoms with Crippen LogP contribution >= 0.6 is 11.3 Å². The topological polar surface area (TPSA) is 55.1 Å². The molecule has 0 aliphatic heterocycles. The SMILES string of the molecule is NCC1(C(=O)NCc2ccsc2)CC1. The van der Waals surface area contributed by atoms with Gasteiger partial charge in [0.25, 0.3) is 0 Å². The van der Waals surface area contributed by atoms with Gasteiger partial charge in [-0.3, -0.25) is 4.79 Å². The summed E-state index contributed by atoms with van der Waals surface area (Å²) >= 11 is 1.64. The van der Waals surface area contributed by atoms with Crippen LogP contribution in [0.25, 0.3) is 0 Å². The molecule has 0 aromatic carbocycles. The van der Waals surface area contributed by atoms with Crippen LogP contribution in [0.4, 0.5) is 0 Å². The highest BCUT2D eigenvalue weighted by Gasteiger charge is 2.48. The second-order valence-corrected chi connectivity index (χ2v) is 4.58. The van der Waals surface area contributed by atoms with E-state index in [0.717, 1.165) is 18.4 Å². The molecule has 14 heavy (non-hydrogen) atoms. The Morgan fingerprint density at radius 2 is 2.43 bits per heavy atom. The van der Waals surface area contributed by atoms with Crippen LogP contribution in [0.2, 0.25) is 0 Å². The van der Waals surface area contributed by atoms with Gasteiger partial charge >= 0.3 is 0 Å². The Hall–Kier alpha value is -0.870. The van der Waals surface area contributed by atoms with E-state index in [1.807, 2.05) is 16.8 Å². The number of nitrogens with two attached hydrogens (primary N) is 1. The largest absolute Gasteiger partial charge is 0.351 e. The molecule has 1 aromatic heterocycles. The van der Waals surface area contributed by atoms with Crippen LogP contribution < -0.4 is 11.1 Å². The molecule has 1 saturated carbocycles. The quantitative estimate of drug-likeness (QED) is 0.782. The Morgan fingerprint density at radius 3 is 2.93 bits per heavy atom. The van der Waals surface area contributed by atoms with Crippen molar-refractivity contribution >= 4 is 17.2 Å². The zero-order chi connectivity index (χ0) is 10.0. The van der Waals surface area contributed by atoms with Crippen molar-refractivity contribution in [3.8, 4) is 0 Å². The normalized spacial score (nSPS) is 17.8. The minimum absolute atomic E-state index is 0.117. The van der Waals surface area contributed by atoms with Crippen molar-refractivity contribution in [3.63, 3.8) is 0 Å². The maximum atomic E-state index is 11.7. The van der Waals surface area contributed by atoms with Gasteiger partial charge in [-0.05, 0) is 35.2 Å². The summed E-state index contributed by atoms with van der Waals surface area (Å²) < 4.78 is 0. The Morgan fingerprint density at radius 1 is 1.64 bits per heavy atom. The zero-order valence-electron chi connectivity index (χ0n) is 7.95. The van der Waals surface area contributed by atoms with Gasteiger partial charge in [-0.2, -0.15) is 11.3 Å². The number of amides is 1. The van der Waals surface area contributed by atoms with E-state index in [0.29, 0.717) is 13.1 Å². The molecule has 0 bridgehead atoms. The van der Waals surface area contributed by atoms with Crippen molar-refractivity contribution < 1.29 is 4.79 Å². The molecule has 1 aliphatic rings. The summed E-state index contributed by atoms with van der Waals surface area (Å²) in [6.45, 7) is 1.10. The van der Waals surface area contributed by atoms with E-state index < -0.39 is 0 Å². The number of thiophene rings is 1. The first-order valence-corrected chi connectivity index (χ1v) is 5.71. The summed E-state index contributed by atoms with van der Waals surface area (Å²) in [5.41, 5.74) is 6.50. The second kappa shape index (κ2) is 3.71. The van der Waals surface area contributed by atoms with Crippen LogP contribution in [-0.4, -0.2) is 12.5 Å². The van der Waals surface area contributed by atoms with Crippen LogP contribution in [-0.2, 0) is 11.3 Å². The lowest BCUT2D eigenvalue weighted by molar-refractivity contribution is -0.126. The molecule has 3 N–H and O–H groups in total. The third-order valence-electron chi connectivity index (χ3n) is 2.76. The van der Waals surface area contributed by atoms with Gasteiger partial charge in [-0.15, -0.1) is 0 Å². The first-order chi connectivity index (χ1) is 6.77. The van der Waals surface area contributed by atoms with Crippen LogP contribution in [0.3, 0.4) is 0 Å². The van der Waals surface area contributed by atoms with Crippen molar-refractivity contribution in [3.05, 3.63) is 22.4 Å². The molecular formula is C10H14N2OS. The minimum Gasteiger partial charge on any atom is -0.351 e. The van der Waals surface area contributed by atoms with Crippen LogP contribution in [0, 0.1) is 5.41 Å². The summed E-state index contributed by atoms with van der Waals surface area (Å²) in [5.74, 6) is 0.117. The molecule has 0 saturated heterocycles. The van der Waals surface area contributed by atoms with Gasteiger partial charge in [-0.25, -0.2) is 0 Å². The van der Waals surface area contributed by atoms with E-state index in [1.54, 1.807) is 11.3 Å². The fraction of sp³-hybridized carbons (Fsp3) is 0.500. The molecular weight excluding hydrogens is 196 g/mol. The van der Waals surface area contributed by atoms with Crippen LogP contribution in [0.15, 0.2) is 16.8 Å². The highest BCUT2D eigenvalue weighted by atomic mass is 32.1. The van der Waals surface area contributed by atoms with E-state index in [1.165, 1.54) is 0 Å². The van der Waals surface area contributed by atoms with E-state index in [-0.39, 0.29) is 11.3 Å². The smallest absolute Gasteiger partial charge is 0.227 e. The molecule has 76 valence electrons. The summed E-state index contributed by atoms with van der Waals surface area (Å²) in [6, 6.07) is 2.02. The summed E-state index contributed by atoms with van der Waals surface area (Å²) in [7, 11) is 0. The fourth-order valence-corrected chi connectivity index (χ4v) is 2.11. The van der Waals surface area contributed by atoms with E-state index in [4.69, 9.17) is 5.73 Å². The monoisotopic (exact) mass is 210 g/mol. The van der Waals surface area contributed by atoms with Gasteiger partial charge in [0.2, 0.25) is 5.91 Å². The first-order valence-electron chi connectivity index (χ1n) is 4.76. The Balaban J connectivity index is 1.84. The van der Waals surface area contributed by atoms with E-state index in [9.17, 15) is 4.79 Å². The fourth-order valence-electron chi connectivity index (χ4n) is 1.44. The maximum absolute atomic E-state index is 11.7. The molecule has 1 fully saturated rings. The second-order valence-electron chi connectivity index (χ2n) is 3.80. The summed E-state index contributed by atoms with van der Waals surface area (Å²) in [4.78, 5) is 11.7. The predicted octanol–water partition coefficient (Wildman–Crippen LogP) is 1.10. The highest BCUT2D eigenvalue weighted by Crippen LogP contribution is 2.44. The molecule has 3 nitrogen and oxygen atoms in total. The third kappa shape index (κ3) is 1.81. The van der Waals surface area contributed by atoms with Gasteiger partial charge in [0.05, 0.1) is 5.41 Å². The van der Waals surface area contributed by atoms with E-state index >= 15 is 0 Å². The molecule has 1 aliphatic carbocycles. The van der Waals surface area contributed by atoms with Crippen LogP contribution in [0.5, 0.6) is 0 Å². The summed E-state index contributed by atoms with van der Waals surface area (Å²) in [6.07, 6.45) is 1.89. The number of carbonyl (C=O) groups excluding carboxylic acids is 1. The molecule has 0 radical (unpaired) electrons. The number of nitrogens with one attached hydrogen (secondary N) is 1. The summed E-state index contributed by atoms with van der Waals surface area (Å²) in [5, 5.41) is 6.98. The number of hydrogen-bond acceptors (Lipinski definition) is 3. The molecule has 0 spiro atoms. The Labute approximate surface area is 87.3 Å². The van der Waals surface area contributed by atoms with Gasteiger partial charge < -0.3 is 11.1 Å². The zero-order valence-corrected chi connectivity index (χ0v) is 8.77. The molecule has 0 atom stereocenters. The third-order valence-corrected chi connectivity index (χ3v) is 3.49. The lowest BCUT2D eigenvalue weighted by atomic mass is 10.1.